The van der Waals surface area contributed by atoms with Crippen LogP contribution in [0.1, 0.15) is 23.8 Å². The number of aromatic nitrogens is 2. The Balaban J connectivity index is 2.49. The lowest BCUT2D eigenvalue weighted by Gasteiger charge is -2.15. The molecule has 2 aromatic rings. The summed E-state index contributed by atoms with van der Waals surface area (Å²) in [6.07, 6.45) is 0.509. The summed E-state index contributed by atoms with van der Waals surface area (Å²) in [5.74, 6) is -0.820. The van der Waals surface area contributed by atoms with E-state index in [2.05, 4.69) is 10.4 Å². The number of nitrogens with zero attached hydrogens (tertiary/aromatic N) is 2. The van der Waals surface area contributed by atoms with E-state index in [1.807, 2.05) is 0 Å². The predicted molar refractivity (Wildman–Crippen MR) is 86.7 cm³/mol. The number of aliphatic hydroxyl groups is 1. The topological polar surface area (TPSA) is 114 Å². The maximum absolute atomic E-state index is 12.3. The molecular weight excluding hydrogens is 314 g/mol. The third-order valence-electron chi connectivity index (χ3n) is 3.49. The summed E-state index contributed by atoms with van der Waals surface area (Å²) < 4.78 is 6.17. The van der Waals surface area contributed by atoms with Gasteiger partial charge in [0, 0.05) is 6.07 Å². The van der Waals surface area contributed by atoms with Gasteiger partial charge in [-0.15, -0.1) is 0 Å². The minimum absolute atomic E-state index is 0.241. The molecule has 0 radical (unpaired) electrons. The number of hydrogen-bond donors (Lipinski definition) is 3. The van der Waals surface area contributed by atoms with E-state index in [-0.39, 0.29) is 12.3 Å². The molecule has 2 rings (SSSR count). The van der Waals surface area contributed by atoms with Gasteiger partial charge in [0.05, 0.1) is 19.8 Å². The van der Waals surface area contributed by atoms with Crippen LogP contribution >= 0.6 is 0 Å². The van der Waals surface area contributed by atoms with E-state index in [1.165, 1.54) is 7.11 Å². The van der Waals surface area contributed by atoms with Crippen LogP contribution in [0, 0.1) is 0 Å². The second kappa shape index (κ2) is 7.60. The first-order valence-corrected chi connectivity index (χ1v) is 7.40. The van der Waals surface area contributed by atoms with Crippen molar-refractivity contribution < 1.29 is 19.7 Å². The van der Waals surface area contributed by atoms with Crippen molar-refractivity contribution in [2.45, 2.75) is 19.4 Å². The van der Waals surface area contributed by atoms with E-state index < -0.39 is 23.3 Å². The minimum atomic E-state index is -0.683. The Kier molecular flexibility index (Phi) is 5.54. The minimum Gasteiger partial charge on any atom is -0.505 e. The SMILES string of the molecule is CCC(CO)NC(=O)c1nn(-c2ccccc2OC)c(=O)cc1O. The Morgan fingerprint density at radius 3 is 2.75 bits per heavy atom. The fraction of sp³-hybridized carbons (Fsp3) is 0.312. The number of rotatable bonds is 6. The highest BCUT2D eigenvalue weighted by Crippen LogP contribution is 2.21. The first-order chi connectivity index (χ1) is 11.5. The number of aromatic hydroxyl groups is 1. The van der Waals surface area contributed by atoms with Crippen LogP contribution in [-0.4, -0.2) is 45.7 Å². The highest BCUT2D eigenvalue weighted by Gasteiger charge is 2.20. The maximum Gasteiger partial charge on any atom is 0.275 e. The lowest BCUT2D eigenvalue weighted by atomic mass is 10.2. The van der Waals surface area contributed by atoms with Crippen molar-refractivity contribution in [2.24, 2.45) is 0 Å². The van der Waals surface area contributed by atoms with Crippen LogP contribution in [0.4, 0.5) is 0 Å². The van der Waals surface area contributed by atoms with Crippen LogP contribution in [0.3, 0.4) is 0 Å². The van der Waals surface area contributed by atoms with Crippen molar-refractivity contribution in [1.82, 2.24) is 15.1 Å². The van der Waals surface area contributed by atoms with Crippen LogP contribution < -0.4 is 15.6 Å². The molecule has 8 heteroatoms. The molecule has 0 spiro atoms. The Labute approximate surface area is 138 Å². The molecule has 0 saturated heterocycles. The van der Waals surface area contributed by atoms with Gasteiger partial charge in [0.15, 0.2) is 11.4 Å². The second-order valence-electron chi connectivity index (χ2n) is 5.06. The number of benzene rings is 1. The van der Waals surface area contributed by atoms with E-state index in [9.17, 15) is 14.7 Å². The average Bonchev–Trinajstić information content (AvgIpc) is 2.59. The van der Waals surface area contributed by atoms with Gasteiger partial charge in [0.25, 0.3) is 11.5 Å². The van der Waals surface area contributed by atoms with Gasteiger partial charge in [-0.3, -0.25) is 9.59 Å². The average molecular weight is 333 g/mol. The Morgan fingerprint density at radius 2 is 2.12 bits per heavy atom. The molecule has 8 nitrogen and oxygen atoms in total. The highest BCUT2D eigenvalue weighted by molar-refractivity contribution is 5.94. The number of methoxy groups -OCH3 is 1. The van der Waals surface area contributed by atoms with Crippen LogP contribution in [-0.2, 0) is 0 Å². The molecule has 0 fully saturated rings. The fourth-order valence-corrected chi connectivity index (χ4v) is 2.12. The molecule has 1 atom stereocenters. The van der Waals surface area contributed by atoms with Gasteiger partial charge in [-0.25, -0.2) is 0 Å². The van der Waals surface area contributed by atoms with E-state index in [1.54, 1.807) is 31.2 Å². The van der Waals surface area contributed by atoms with Gasteiger partial charge in [-0.05, 0) is 18.6 Å². The van der Waals surface area contributed by atoms with Gasteiger partial charge in [0.1, 0.15) is 11.4 Å². The molecule has 128 valence electrons. The molecule has 0 bridgehead atoms. The zero-order chi connectivity index (χ0) is 17.7. The third-order valence-corrected chi connectivity index (χ3v) is 3.49. The van der Waals surface area contributed by atoms with E-state index in [0.29, 0.717) is 17.9 Å². The zero-order valence-electron chi connectivity index (χ0n) is 13.4. The first-order valence-electron chi connectivity index (χ1n) is 7.40. The molecule has 1 amide bonds. The quantitative estimate of drug-likeness (QED) is 0.707. The summed E-state index contributed by atoms with van der Waals surface area (Å²) in [4.78, 5) is 24.4. The number of nitrogens with one attached hydrogen (secondary N) is 1. The van der Waals surface area contributed by atoms with E-state index in [0.717, 1.165) is 10.7 Å². The standard InChI is InChI=1S/C16H19N3O5/c1-3-10(9-20)17-16(23)15-12(21)8-14(22)19(18-15)11-6-4-5-7-13(11)24-2/h4-8,10,20-21H,3,9H2,1-2H3,(H,17,23). The number of carbonyl (C=O) groups is 1. The van der Waals surface area contributed by atoms with Crippen LogP contribution in [0.15, 0.2) is 35.1 Å². The number of ether oxygens (including phenoxy) is 1. The van der Waals surface area contributed by atoms with Gasteiger partial charge in [-0.1, -0.05) is 19.1 Å². The van der Waals surface area contributed by atoms with Crippen molar-refractivity contribution >= 4 is 5.91 Å². The summed E-state index contributed by atoms with van der Waals surface area (Å²) in [6.45, 7) is 1.55. The first kappa shape index (κ1) is 17.5. The lowest BCUT2D eigenvalue weighted by molar-refractivity contribution is 0.0904. The van der Waals surface area contributed by atoms with Gasteiger partial charge < -0.3 is 20.3 Å². The van der Waals surface area contributed by atoms with Crippen LogP contribution in [0.25, 0.3) is 5.69 Å². The zero-order valence-corrected chi connectivity index (χ0v) is 13.4. The Morgan fingerprint density at radius 1 is 1.42 bits per heavy atom. The molecule has 3 N–H and O–H groups in total. The molecule has 1 unspecified atom stereocenters. The van der Waals surface area contributed by atoms with Crippen LogP contribution in [0.5, 0.6) is 11.5 Å². The largest absolute Gasteiger partial charge is 0.505 e. The highest BCUT2D eigenvalue weighted by atomic mass is 16.5. The summed E-state index contributed by atoms with van der Waals surface area (Å²) in [6, 6.07) is 7.12. The van der Waals surface area contributed by atoms with Crippen molar-refractivity contribution in [3.8, 4) is 17.2 Å². The molecular formula is C16H19N3O5. The molecule has 0 aliphatic rings. The Hall–Kier alpha value is -2.87. The molecule has 1 heterocycles. The summed E-state index contributed by atoms with van der Waals surface area (Å²) in [5.41, 5.74) is -0.580. The third kappa shape index (κ3) is 3.54. The van der Waals surface area contributed by atoms with Crippen LogP contribution in [0.2, 0.25) is 0 Å². The maximum atomic E-state index is 12.3. The number of carbonyl (C=O) groups excluding carboxylic acids is 1. The smallest absolute Gasteiger partial charge is 0.275 e. The fourth-order valence-electron chi connectivity index (χ4n) is 2.12. The van der Waals surface area contributed by atoms with Gasteiger partial charge in [0.2, 0.25) is 0 Å². The van der Waals surface area contributed by atoms with Crippen molar-refractivity contribution in [2.75, 3.05) is 13.7 Å². The Bertz CT molecular complexity index is 784. The number of aliphatic hydroxyl groups excluding tert-OH is 1. The monoisotopic (exact) mass is 333 g/mol. The van der Waals surface area contributed by atoms with E-state index >= 15 is 0 Å². The molecule has 0 saturated carbocycles. The molecule has 24 heavy (non-hydrogen) atoms. The van der Waals surface area contributed by atoms with Gasteiger partial charge in [-0.2, -0.15) is 9.78 Å². The van der Waals surface area contributed by atoms with Crippen molar-refractivity contribution in [3.63, 3.8) is 0 Å². The molecule has 1 aromatic carbocycles. The van der Waals surface area contributed by atoms with Gasteiger partial charge >= 0.3 is 0 Å². The number of hydrogen-bond acceptors (Lipinski definition) is 6. The normalized spacial score (nSPS) is 11.8. The number of para-hydroxylation sites is 2. The molecule has 1 aromatic heterocycles. The molecule has 0 aliphatic heterocycles. The van der Waals surface area contributed by atoms with Crippen molar-refractivity contribution in [1.29, 1.82) is 0 Å². The summed E-state index contributed by atoms with van der Waals surface area (Å²) in [7, 11) is 1.45. The summed E-state index contributed by atoms with van der Waals surface area (Å²) in [5, 5.41) is 25.5. The predicted octanol–water partition coefficient (Wildman–Crippen LogP) is 0.447. The summed E-state index contributed by atoms with van der Waals surface area (Å²) >= 11 is 0. The van der Waals surface area contributed by atoms with Crippen molar-refractivity contribution in [3.05, 3.63) is 46.4 Å². The van der Waals surface area contributed by atoms with E-state index in [4.69, 9.17) is 9.84 Å². The second-order valence-corrected chi connectivity index (χ2v) is 5.06. The lowest BCUT2D eigenvalue weighted by Crippen LogP contribution is -2.38. The number of amides is 1. The molecule has 0 aliphatic carbocycles.